The van der Waals surface area contributed by atoms with Crippen molar-refractivity contribution < 1.29 is 9.59 Å². The van der Waals surface area contributed by atoms with Crippen LogP contribution < -0.4 is 16.4 Å². The van der Waals surface area contributed by atoms with Crippen molar-refractivity contribution in [2.75, 3.05) is 13.1 Å². The molecule has 0 aromatic rings. The molecule has 0 atom stereocenters. The van der Waals surface area contributed by atoms with Gasteiger partial charge in [-0.05, 0) is 0 Å². The van der Waals surface area contributed by atoms with Gasteiger partial charge in [0.1, 0.15) is 0 Å². The number of primary amides is 1. The van der Waals surface area contributed by atoms with Crippen LogP contribution in [-0.4, -0.2) is 25.0 Å². The summed E-state index contributed by atoms with van der Waals surface area (Å²) in [7, 11) is 0. The zero-order valence-electron chi connectivity index (χ0n) is 7.10. The Morgan fingerprint density at radius 2 is 2.00 bits per heavy atom. The van der Waals surface area contributed by atoms with Crippen molar-refractivity contribution in [3.63, 3.8) is 0 Å². The summed E-state index contributed by atoms with van der Waals surface area (Å²) >= 11 is 3.10. The molecule has 0 unspecified atom stereocenters. The Balaban J connectivity index is 3.41. The lowest BCUT2D eigenvalue weighted by Gasteiger charge is -2.03. The largest absolute Gasteiger partial charge is 0.352 e. The second-order valence-corrected chi connectivity index (χ2v) is 3.46. The fourth-order valence-electron chi connectivity index (χ4n) is 0.582. The van der Waals surface area contributed by atoms with Gasteiger partial charge >= 0.3 is 6.03 Å². The molecule has 5 nitrogen and oxygen atoms in total. The van der Waals surface area contributed by atoms with E-state index in [0.29, 0.717) is 11.0 Å². The van der Waals surface area contributed by atoms with Crippen LogP contribution in [0.3, 0.4) is 0 Å². The molecule has 0 aliphatic heterocycles. The van der Waals surface area contributed by atoms with E-state index in [2.05, 4.69) is 33.1 Å². The van der Waals surface area contributed by atoms with Gasteiger partial charge in [-0.1, -0.05) is 22.5 Å². The van der Waals surface area contributed by atoms with Crippen molar-refractivity contribution in [1.82, 2.24) is 10.6 Å². The lowest BCUT2D eigenvalue weighted by Crippen LogP contribution is -2.34. The zero-order valence-corrected chi connectivity index (χ0v) is 8.69. The highest BCUT2D eigenvalue weighted by atomic mass is 79.9. The van der Waals surface area contributed by atoms with E-state index in [9.17, 15) is 9.59 Å². The molecule has 0 bridgehead atoms. The Labute approximate surface area is 84.9 Å². The molecular formula is C7H12BrN3O2. The average molecular weight is 250 g/mol. The molecule has 0 spiro atoms. The molecule has 0 aromatic carbocycles. The number of halogens is 1. The first-order valence-corrected chi connectivity index (χ1v) is 4.45. The van der Waals surface area contributed by atoms with Gasteiger partial charge in [0.05, 0.1) is 0 Å². The number of nitrogens with one attached hydrogen (secondary N) is 2. The molecule has 13 heavy (non-hydrogen) atoms. The monoisotopic (exact) mass is 249 g/mol. The first-order valence-electron chi connectivity index (χ1n) is 3.65. The predicted molar refractivity (Wildman–Crippen MR) is 53.3 cm³/mol. The van der Waals surface area contributed by atoms with E-state index in [4.69, 9.17) is 5.73 Å². The molecule has 0 saturated heterocycles. The highest BCUT2D eigenvalue weighted by Gasteiger charge is 2.00. The van der Waals surface area contributed by atoms with Crippen LogP contribution in [-0.2, 0) is 4.79 Å². The average Bonchev–Trinajstić information content (AvgIpc) is 2.00. The van der Waals surface area contributed by atoms with Crippen molar-refractivity contribution in [2.24, 2.45) is 5.73 Å². The third-order valence-corrected chi connectivity index (χ3v) is 1.41. The summed E-state index contributed by atoms with van der Waals surface area (Å²) in [6.07, 6.45) is 0.212. The molecule has 0 rings (SSSR count). The summed E-state index contributed by atoms with van der Waals surface area (Å²) in [5, 5.41) is 4.89. The van der Waals surface area contributed by atoms with E-state index < -0.39 is 6.03 Å². The second kappa shape index (κ2) is 6.47. The van der Waals surface area contributed by atoms with E-state index in [1.54, 1.807) is 0 Å². The number of hydrogen-bond acceptors (Lipinski definition) is 2. The standard InChI is InChI=1S/C7H12BrN3O2/c1-5(8)4-11-6(12)2-3-10-7(9)13/h1-4H2,(H,11,12)(H3,9,10,13). The fourth-order valence-corrected chi connectivity index (χ4v) is 0.722. The van der Waals surface area contributed by atoms with Gasteiger partial charge in [-0.25, -0.2) is 4.79 Å². The molecule has 0 heterocycles. The van der Waals surface area contributed by atoms with E-state index in [-0.39, 0.29) is 18.9 Å². The van der Waals surface area contributed by atoms with Crippen molar-refractivity contribution in [1.29, 1.82) is 0 Å². The summed E-state index contributed by atoms with van der Waals surface area (Å²) in [5.74, 6) is -0.158. The van der Waals surface area contributed by atoms with Crippen LogP contribution >= 0.6 is 15.9 Å². The Morgan fingerprint density at radius 1 is 1.38 bits per heavy atom. The lowest BCUT2D eigenvalue weighted by atomic mass is 10.4. The molecule has 6 heteroatoms. The maximum absolute atomic E-state index is 11.0. The van der Waals surface area contributed by atoms with Crippen LogP contribution in [0.2, 0.25) is 0 Å². The van der Waals surface area contributed by atoms with Gasteiger partial charge in [0, 0.05) is 24.0 Å². The third kappa shape index (κ3) is 8.87. The van der Waals surface area contributed by atoms with Gasteiger partial charge in [-0.3, -0.25) is 4.79 Å². The predicted octanol–water partition coefficient (Wildman–Crippen LogP) is 0.0696. The first kappa shape index (κ1) is 12.0. The van der Waals surface area contributed by atoms with E-state index >= 15 is 0 Å². The van der Waals surface area contributed by atoms with E-state index in [1.807, 2.05) is 0 Å². The normalized spacial score (nSPS) is 9.00. The molecule has 74 valence electrons. The molecule has 0 fully saturated rings. The van der Waals surface area contributed by atoms with E-state index in [0.717, 1.165) is 0 Å². The van der Waals surface area contributed by atoms with Crippen molar-refractivity contribution >= 4 is 27.9 Å². The number of carbonyl (C=O) groups is 2. The van der Waals surface area contributed by atoms with Crippen LogP contribution in [0.25, 0.3) is 0 Å². The van der Waals surface area contributed by atoms with Gasteiger partial charge in [0.25, 0.3) is 0 Å². The number of urea groups is 1. The number of amides is 3. The van der Waals surface area contributed by atoms with Crippen LogP contribution in [0.15, 0.2) is 11.1 Å². The minimum atomic E-state index is -0.627. The fraction of sp³-hybridized carbons (Fsp3) is 0.429. The Kier molecular flexibility index (Phi) is 5.96. The smallest absolute Gasteiger partial charge is 0.312 e. The lowest BCUT2D eigenvalue weighted by molar-refractivity contribution is -0.120. The third-order valence-electron chi connectivity index (χ3n) is 1.13. The molecule has 3 amide bonds. The SMILES string of the molecule is C=C(Br)CNC(=O)CCNC(N)=O. The van der Waals surface area contributed by atoms with Crippen LogP contribution in [0.1, 0.15) is 6.42 Å². The summed E-state index contributed by atoms with van der Waals surface area (Å²) in [5.41, 5.74) is 4.80. The van der Waals surface area contributed by atoms with Gasteiger partial charge < -0.3 is 16.4 Å². The van der Waals surface area contributed by atoms with Gasteiger partial charge in [0.15, 0.2) is 0 Å². The molecule has 0 aliphatic rings. The molecule has 0 radical (unpaired) electrons. The highest BCUT2D eigenvalue weighted by molar-refractivity contribution is 9.11. The minimum absolute atomic E-state index is 0.158. The van der Waals surface area contributed by atoms with Crippen LogP contribution in [0, 0.1) is 0 Å². The molecule has 4 N–H and O–H groups in total. The van der Waals surface area contributed by atoms with Gasteiger partial charge in [-0.15, -0.1) is 0 Å². The van der Waals surface area contributed by atoms with Gasteiger partial charge in [0.2, 0.25) is 5.91 Å². The highest BCUT2D eigenvalue weighted by Crippen LogP contribution is 1.96. The van der Waals surface area contributed by atoms with Crippen LogP contribution in [0.4, 0.5) is 4.79 Å². The van der Waals surface area contributed by atoms with Crippen LogP contribution in [0.5, 0.6) is 0 Å². The summed E-state index contributed by atoms with van der Waals surface area (Å²) < 4.78 is 0.698. The van der Waals surface area contributed by atoms with Gasteiger partial charge in [-0.2, -0.15) is 0 Å². The number of carbonyl (C=O) groups excluding carboxylic acids is 2. The first-order chi connectivity index (χ1) is 6.02. The van der Waals surface area contributed by atoms with Crippen molar-refractivity contribution in [2.45, 2.75) is 6.42 Å². The molecule has 0 saturated carbocycles. The number of hydrogen-bond donors (Lipinski definition) is 3. The Hall–Kier alpha value is -1.04. The molecule has 0 aliphatic carbocycles. The maximum Gasteiger partial charge on any atom is 0.312 e. The zero-order chi connectivity index (χ0) is 10.3. The Bertz CT molecular complexity index is 218. The Morgan fingerprint density at radius 3 is 2.46 bits per heavy atom. The second-order valence-electron chi connectivity index (χ2n) is 2.34. The van der Waals surface area contributed by atoms with Crippen molar-refractivity contribution in [3.05, 3.63) is 11.1 Å². The minimum Gasteiger partial charge on any atom is -0.352 e. The summed E-state index contributed by atoms with van der Waals surface area (Å²) in [6.45, 7) is 4.18. The molecule has 0 aromatic heterocycles. The van der Waals surface area contributed by atoms with Crippen molar-refractivity contribution in [3.8, 4) is 0 Å². The summed E-state index contributed by atoms with van der Waals surface area (Å²) in [6, 6.07) is -0.627. The maximum atomic E-state index is 11.0. The van der Waals surface area contributed by atoms with E-state index in [1.165, 1.54) is 0 Å². The molecular weight excluding hydrogens is 238 g/mol. The number of nitrogens with two attached hydrogens (primary N) is 1. The summed E-state index contributed by atoms with van der Waals surface area (Å²) in [4.78, 5) is 21.2. The topological polar surface area (TPSA) is 84.2 Å². The number of rotatable bonds is 5. The quantitative estimate of drug-likeness (QED) is 0.645.